The highest BCUT2D eigenvalue weighted by Gasteiger charge is 2.23. The van der Waals surface area contributed by atoms with Crippen molar-refractivity contribution in [3.8, 4) is 0 Å². The van der Waals surface area contributed by atoms with Crippen molar-refractivity contribution in [3.05, 3.63) is 54.1 Å². The summed E-state index contributed by atoms with van der Waals surface area (Å²) in [7, 11) is 1.67. The first-order valence-corrected chi connectivity index (χ1v) is 11.2. The highest BCUT2D eigenvalue weighted by molar-refractivity contribution is 8.00. The van der Waals surface area contributed by atoms with Crippen LogP contribution in [0.2, 0.25) is 0 Å². The summed E-state index contributed by atoms with van der Waals surface area (Å²) in [6, 6.07) is 15.0. The number of ketones is 1. The summed E-state index contributed by atoms with van der Waals surface area (Å²) in [4.78, 5) is 29.9. The average molecular weight is 440 g/mol. The van der Waals surface area contributed by atoms with Crippen LogP contribution in [-0.4, -0.2) is 40.2 Å². The summed E-state index contributed by atoms with van der Waals surface area (Å²) in [5.41, 5.74) is 2.74. The van der Waals surface area contributed by atoms with E-state index in [-0.39, 0.29) is 16.9 Å². The number of carbonyl (C=O) groups excluding carboxylic acids is 2. The van der Waals surface area contributed by atoms with Crippen molar-refractivity contribution >= 4 is 40.2 Å². The number of thioether (sulfide) groups is 1. The molecule has 0 radical (unpaired) electrons. The Bertz CT molecular complexity index is 1070. The number of aromatic nitrogens is 2. The van der Waals surface area contributed by atoms with Gasteiger partial charge in [0.15, 0.2) is 10.9 Å². The molecule has 31 heavy (non-hydrogen) atoms. The number of amides is 1. The van der Waals surface area contributed by atoms with Crippen molar-refractivity contribution in [1.29, 1.82) is 0 Å². The van der Waals surface area contributed by atoms with Gasteiger partial charge in [-0.3, -0.25) is 9.59 Å². The number of nitrogens with zero attached hydrogens (tertiary/aromatic N) is 2. The predicted octanol–water partition coefficient (Wildman–Crippen LogP) is 5.03. The zero-order valence-electron chi connectivity index (χ0n) is 18.6. The maximum absolute atomic E-state index is 13.0. The van der Waals surface area contributed by atoms with E-state index in [0.29, 0.717) is 24.4 Å². The van der Waals surface area contributed by atoms with Gasteiger partial charge in [-0.05, 0) is 43.3 Å². The maximum atomic E-state index is 13.0. The van der Waals surface area contributed by atoms with Gasteiger partial charge in [-0.2, -0.15) is 0 Å². The second kappa shape index (κ2) is 9.66. The normalized spacial score (nSPS) is 12.7. The second-order valence-corrected chi connectivity index (χ2v) is 9.74. The molecule has 1 aromatic heterocycles. The number of anilines is 1. The Labute approximate surface area is 187 Å². The molecule has 6 nitrogen and oxygen atoms in total. The van der Waals surface area contributed by atoms with E-state index >= 15 is 0 Å². The SMILES string of the molecule is COCCn1c(SC(C)C(=O)c2ccc(NC(=O)C(C)(C)C)cc2)nc2ccccc21. The highest BCUT2D eigenvalue weighted by Crippen LogP contribution is 2.29. The first kappa shape index (κ1) is 23.0. The summed E-state index contributed by atoms with van der Waals surface area (Å²) in [5.74, 6) is -0.0468. The van der Waals surface area contributed by atoms with Crippen molar-refractivity contribution in [1.82, 2.24) is 9.55 Å². The van der Waals surface area contributed by atoms with E-state index in [1.807, 2.05) is 52.0 Å². The van der Waals surface area contributed by atoms with Gasteiger partial charge >= 0.3 is 0 Å². The van der Waals surface area contributed by atoms with E-state index in [9.17, 15) is 9.59 Å². The number of fused-ring (bicyclic) bond motifs is 1. The number of carbonyl (C=O) groups is 2. The number of ether oxygens (including phenoxy) is 1. The van der Waals surface area contributed by atoms with E-state index in [4.69, 9.17) is 9.72 Å². The lowest BCUT2D eigenvalue weighted by atomic mass is 9.95. The molecule has 1 N–H and O–H groups in total. The Morgan fingerprint density at radius 2 is 1.81 bits per heavy atom. The van der Waals surface area contributed by atoms with Gasteiger partial charge < -0.3 is 14.6 Å². The molecule has 2 aromatic carbocycles. The fourth-order valence-corrected chi connectivity index (χ4v) is 4.05. The number of benzene rings is 2. The van der Waals surface area contributed by atoms with Crippen molar-refractivity contribution < 1.29 is 14.3 Å². The summed E-state index contributed by atoms with van der Waals surface area (Å²) >= 11 is 1.44. The fraction of sp³-hybridized carbons (Fsp3) is 0.375. The standard InChI is InChI=1S/C24H29N3O3S/c1-16(21(28)17-10-12-18(13-11-17)25-22(29)24(2,3)4)31-23-26-19-8-6-7-9-20(19)27(23)14-15-30-5/h6-13,16H,14-15H2,1-5H3,(H,25,29). The van der Waals surface area contributed by atoms with Crippen LogP contribution < -0.4 is 5.32 Å². The first-order valence-electron chi connectivity index (χ1n) is 10.3. The zero-order valence-corrected chi connectivity index (χ0v) is 19.5. The minimum Gasteiger partial charge on any atom is -0.383 e. The van der Waals surface area contributed by atoms with Gasteiger partial charge in [-0.15, -0.1) is 0 Å². The molecule has 1 unspecified atom stereocenters. The molecule has 0 bridgehead atoms. The van der Waals surface area contributed by atoms with Crippen LogP contribution in [0.1, 0.15) is 38.1 Å². The van der Waals surface area contributed by atoms with E-state index in [0.717, 1.165) is 16.2 Å². The van der Waals surface area contributed by atoms with Gasteiger partial charge in [-0.1, -0.05) is 44.7 Å². The molecule has 0 aliphatic carbocycles. The number of rotatable bonds is 8. The van der Waals surface area contributed by atoms with E-state index in [2.05, 4.69) is 9.88 Å². The highest BCUT2D eigenvalue weighted by atomic mass is 32.2. The topological polar surface area (TPSA) is 73.2 Å². The first-order chi connectivity index (χ1) is 14.7. The number of methoxy groups -OCH3 is 1. The third-order valence-corrected chi connectivity index (χ3v) is 5.99. The number of nitrogens with one attached hydrogen (secondary N) is 1. The monoisotopic (exact) mass is 439 g/mol. The van der Waals surface area contributed by atoms with Crippen LogP contribution in [0.5, 0.6) is 0 Å². The minimum atomic E-state index is -0.478. The number of para-hydroxylation sites is 2. The largest absolute Gasteiger partial charge is 0.383 e. The third-order valence-electron chi connectivity index (χ3n) is 4.90. The van der Waals surface area contributed by atoms with Crippen molar-refractivity contribution in [2.45, 2.75) is 44.6 Å². The smallest absolute Gasteiger partial charge is 0.229 e. The molecular formula is C24H29N3O3S. The van der Waals surface area contributed by atoms with Gasteiger partial charge in [-0.25, -0.2) is 4.98 Å². The van der Waals surface area contributed by atoms with Gasteiger partial charge in [0.1, 0.15) is 0 Å². The molecule has 3 rings (SSSR count). The fourth-order valence-electron chi connectivity index (χ4n) is 3.02. The summed E-state index contributed by atoms with van der Waals surface area (Å²) in [5, 5.41) is 3.37. The quantitative estimate of drug-likeness (QED) is 0.394. The molecule has 1 amide bonds. The number of Topliss-reactive ketones (excluding diaryl/α,β-unsaturated/α-hetero) is 1. The van der Waals surface area contributed by atoms with Crippen LogP contribution in [0.4, 0.5) is 5.69 Å². The van der Waals surface area contributed by atoms with Gasteiger partial charge in [0, 0.05) is 30.3 Å². The Hall–Kier alpha value is -2.64. The second-order valence-electron chi connectivity index (χ2n) is 8.43. The third kappa shape index (κ3) is 5.54. The number of hydrogen-bond acceptors (Lipinski definition) is 5. The molecule has 0 fully saturated rings. The van der Waals surface area contributed by atoms with Gasteiger partial charge in [0.25, 0.3) is 0 Å². The van der Waals surface area contributed by atoms with Gasteiger partial charge in [0.05, 0.1) is 22.9 Å². The van der Waals surface area contributed by atoms with Crippen LogP contribution in [0.25, 0.3) is 11.0 Å². The lowest BCUT2D eigenvalue weighted by Gasteiger charge is -2.18. The molecule has 0 saturated heterocycles. The predicted molar refractivity (Wildman–Crippen MR) is 126 cm³/mol. The lowest BCUT2D eigenvalue weighted by Crippen LogP contribution is -2.27. The van der Waals surface area contributed by atoms with Crippen LogP contribution in [0.3, 0.4) is 0 Å². The maximum Gasteiger partial charge on any atom is 0.229 e. The molecule has 0 aliphatic heterocycles. The van der Waals surface area contributed by atoms with Crippen LogP contribution in [0.15, 0.2) is 53.7 Å². The zero-order chi connectivity index (χ0) is 22.6. The summed E-state index contributed by atoms with van der Waals surface area (Å²) in [6.07, 6.45) is 0. The molecule has 164 valence electrons. The molecule has 1 atom stereocenters. The Morgan fingerprint density at radius 3 is 2.45 bits per heavy atom. The Balaban J connectivity index is 1.74. The molecule has 1 heterocycles. The molecular weight excluding hydrogens is 410 g/mol. The van der Waals surface area contributed by atoms with Crippen LogP contribution in [0, 0.1) is 5.41 Å². The summed E-state index contributed by atoms with van der Waals surface area (Å²) < 4.78 is 7.34. The van der Waals surface area contributed by atoms with E-state index < -0.39 is 5.41 Å². The van der Waals surface area contributed by atoms with E-state index in [1.54, 1.807) is 31.4 Å². The summed E-state index contributed by atoms with van der Waals surface area (Å²) in [6.45, 7) is 8.71. The van der Waals surface area contributed by atoms with Gasteiger partial charge in [0.2, 0.25) is 5.91 Å². The van der Waals surface area contributed by atoms with Crippen molar-refractivity contribution in [2.24, 2.45) is 5.41 Å². The molecule has 3 aromatic rings. The number of hydrogen-bond donors (Lipinski definition) is 1. The van der Waals surface area contributed by atoms with Crippen molar-refractivity contribution in [2.75, 3.05) is 19.0 Å². The molecule has 7 heteroatoms. The van der Waals surface area contributed by atoms with E-state index in [1.165, 1.54) is 11.8 Å². The van der Waals surface area contributed by atoms with Crippen LogP contribution in [-0.2, 0) is 16.1 Å². The molecule has 0 saturated carbocycles. The van der Waals surface area contributed by atoms with Crippen molar-refractivity contribution in [3.63, 3.8) is 0 Å². The Kier molecular flexibility index (Phi) is 7.18. The number of imidazole rings is 1. The minimum absolute atomic E-state index is 0.0176. The lowest BCUT2D eigenvalue weighted by molar-refractivity contribution is -0.123. The Morgan fingerprint density at radius 1 is 1.13 bits per heavy atom. The van der Waals surface area contributed by atoms with Crippen LogP contribution >= 0.6 is 11.8 Å². The molecule has 0 spiro atoms. The average Bonchev–Trinajstić information content (AvgIpc) is 3.08. The molecule has 0 aliphatic rings.